The number of benzene rings is 1. The molecule has 3 heteroatoms. The molecular weight excluding hydrogens is 188 g/mol. The number of hydrogen-bond donors (Lipinski definition) is 2. The number of rotatable bonds is 2. The largest absolute Gasteiger partial charge is 0.327 e. The summed E-state index contributed by atoms with van der Waals surface area (Å²) in [6.45, 7) is 4.09. The van der Waals surface area contributed by atoms with Gasteiger partial charge in [0, 0.05) is 11.7 Å². The van der Waals surface area contributed by atoms with Crippen molar-refractivity contribution in [3.8, 4) is 0 Å². The van der Waals surface area contributed by atoms with Crippen molar-refractivity contribution in [2.24, 2.45) is 11.7 Å². The summed E-state index contributed by atoms with van der Waals surface area (Å²) in [5.41, 5.74) is 8.90. The number of carbonyl (C=O) groups excluding carboxylic acids is 1. The first-order valence-corrected chi connectivity index (χ1v) is 5.21. The maximum absolute atomic E-state index is 11.6. The number of nitrogens with one attached hydrogen (secondary N) is 1. The Bertz CT molecular complexity index is 401. The topological polar surface area (TPSA) is 55.1 Å². The quantitative estimate of drug-likeness (QED) is 0.768. The summed E-state index contributed by atoms with van der Waals surface area (Å²) in [7, 11) is 0. The smallest absolute Gasteiger partial charge is 0.229 e. The molecule has 0 aliphatic heterocycles. The number of amides is 1. The molecule has 15 heavy (non-hydrogen) atoms. The van der Waals surface area contributed by atoms with Gasteiger partial charge in [0.2, 0.25) is 5.91 Å². The van der Waals surface area contributed by atoms with Crippen LogP contribution in [-0.2, 0) is 4.79 Å². The normalized spacial score (nSPS) is 23.7. The fourth-order valence-electron chi connectivity index (χ4n) is 1.57. The van der Waals surface area contributed by atoms with Crippen LogP contribution in [0.3, 0.4) is 0 Å². The monoisotopic (exact) mass is 204 g/mol. The van der Waals surface area contributed by atoms with E-state index in [-0.39, 0.29) is 17.9 Å². The lowest BCUT2D eigenvalue weighted by Crippen LogP contribution is -2.18. The molecule has 0 bridgehead atoms. The standard InChI is InChI=1S/C12H16N2O/c1-7-3-4-9(5-8(7)2)14-12(15)10-6-11(10)13/h3-5,10-11H,6,13H2,1-2H3,(H,14,15). The molecule has 0 spiro atoms. The lowest BCUT2D eigenvalue weighted by atomic mass is 10.1. The zero-order valence-corrected chi connectivity index (χ0v) is 9.08. The number of carbonyl (C=O) groups is 1. The molecule has 2 unspecified atom stereocenters. The average Bonchev–Trinajstić information content (AvgIpc) is 2.89. The summed E-state index contributed by atoms with van der Waals surface area (Å²) in [6.07, 6.45) is 0.816. The number of hydrogen-bond acceptors (Lipinski definition) is 2. The van der Waals surface area contributed by atoms with Crippen LogP contribution in [-0.4, -0.2) is 11.9 Å². The van der Waals surface area contributed by atoms with Crippen molar-refractivity contribution in [3.63, 3.8) is 0 Å². The summed E-state index contributed by atoms with van der Waals surface area (Å²) in [6, 6.07) is 5.99. The van der Waals surface area contributed by atoms with E-state index in [9.17, 15) is 4.79 Å². The molecule has 1 aliphatic rings. The second kappa shape index (κ2) is 3.66. The van der Waals surface area contributed by atoms with Gasteiger partial charge in [-0.3, -0.25) is 4.79 Å². The molecular formula is C12H16N2O. The van der Waals surface area contributed by atoms with Crippen LogP contribution in [0.5, 0.6) is 0 Å². The highest BCUT2D eigenvalue weighted by Crippen LogP contribution is 2.29. The highest BCUT2D eigenvalue weighted by molar-refractivity contribution is 5.95. The molecule has 2 rings (SSSR count). The molecule has 1 saturated carbocycles. The average molecular weight is 204 g/mol. The predicted octanol–water partition coefficient (Wildman–Crippen LogP) is 1.59. The number of nitrogens with two attached hydrogens (primary N) is 1. The third-order valence-corrected chi connectivity index (χ3v) is 2.95. The van der Waals surface area contributed by atoms with Crippen molar-refractivity contribution in [1.82, 2.24) is 0 Å². The summed E-state index contributed by atoms with van der Waals surface area (Å²) in [5.74, 6) is 0.0670. The van der Waals surface area contributed by atoms with Crippen molar-refractivity contribution in [2.45, 2.75) is 26.3 Å². The first kappa shape index (κ1) is 10.2. The molecule has 1 fully saturated rings. The maximum atomic E-state index is 11.6. The van der Waals surface area contributed by atoms with E-state index in [2.05, 4.69) is 12.2 Å². The van der Waals surface area contributed by atoms with Gasteiger partial charge in [0.1, 0.15) is 0 Å². The van der Waals surface area contributed by atoms with Crippen LogP contribution < -0.4 is 11.1 Å². The van der Waals surface area contributed by atoms with Gasteiger partial charge in [-0.15, -0.1) is 0 Å². The van der Waals surface area contributed by atoms with E-state index in [1.54, 1.807) is 0 Å². The second-order valence-electron chi connectivity index (χ2n) is 4.29. The van der Waals surface area contributed by atoms with Crippen LogP contribution in [0.2, 0.25) is 0 Å². The van der Waals surface area contributed by atoms with Gasteiger partial charge in [0.05, 0.1) is 5.92 Å². The zero-order chi connectivity index (χ0) is 11.0. The molecule has 80 valence electrons. The Labute approximate surface area is 89.7 Å². The number of aryl methyl sites for hydroxylation is 2. The van der Waals surface area contributed by atoms with E-state index in [4.69, 9.17) is 5.73 Å². The maximum Gasteiger partial charge on any atom is 0.229 e. The van der Waals surface area contributed by atoms with Crippen LogP contribution in [0.25, 0.3) is 0 Å². The first-order valence-electron chi connectivity index (χ1n) is 5.21. The Morgan fingerprint density at radius 2 is 2.07 bits per heavy atom. The minimum Gasteiger partial charge on any atom is -0.327 e. The summed E-state index contributed by atoms with van der Waals surface area (Å²) in [5, 5.41) is 2.88. The number of anilines is 1. The van der Waals surface area contributed by atoms with E-state index in [0.29, 0.717) is 0 Å². The van der Waals surface area contributed by atoms with Crippen molar-refractivity contribution < 1.29 is 4.79 Å². The van der Waals surface area contributed by atoms with Crippen LogP contribution in [0, 0.1) is 19.8 Å². The third-order valence-electron chi connectivity index (χ3n) is 2.95. The van der Waals surface area contributed by atoms with Gasteiger partial charge in [-0.2, -0.15) is 0 Å². The summed E-state index contributed by atoms with van der Waals surface area (Å²) >= 11 is 0. The predicted molar refractivity (Wildman–Crippen MR) is 60.6 cm³/mol. The van der Waals surface area contributed by atoms with Crippen molar-refractivity contribution in [1.29, 1.82) is 0 Å². The van der Waals surface area contributed by atoms with Gasteiger partial charge in [0.25, 0.3) is 0 Å². The molecule has 2 atom stereocenters. The zero-order valence-electron chi connectivity index (χ0n) is 9.08. The molecule has 1 amide bonds. The molecule has 1 aromatic carbocycles. The van der Waals surface area contributed by atoms with Crippen molar-refractivity contribution in [2.75, 3.05) is 5.32 Å². The van der Waals surface area contributed by atoms with Crippen LogP contribution >= 0.6 is 0 Å². The summed E-state index contributed by atoms with van der Waals surface area (Å²) < 4.78 is 0. The Morgan fingerprint density at radius 1 is 1.40 bits per heavy atom. The van der Waals surface area contributed by atoms with Gasteiger partial charge in [-0.1, -0.05) is 6.07 Å². The molecule has 3 N–H and O–H groups in total. The third kappa shape index (κ3) is 2.18. The molecule has 1 aromatic rings. The second-order valence-corrected chi connectivity index (χ2v) is 4.29. The van der Waals surface area contributed by atoms with E-state index < -0.39 is 0 Å². The van der Waals surface area contributed by atoms with Crippen LogP contribution in [0.1, 0.15) is 17.5 Å². The Balaban J connectivity index is 2.04. The van der Waals surface area contributed by atoms with E-state index in [0.717, 1.165) is 12.1 Å². The molecule has 0 heterocycles. The Morgan fingerprint density at radius 3 is 2.60 bits per heavy atom. The fourth-order valence-corrected chi connectivity index (χ4v) is 1.57. The lowest BCUT2D eigenvalue weighted by Gasteiger charge is -2.06. The van der Waals surface area contributed by atoms with Crippen molar-refractivity contribution in [3.05, 3.63) is 29.3 Å². The van der Waals surface area contributed by atoms with Crippen LogP contribution in [0.4, 0.5) is 5.69 Å². The molecule has 1 aliphatic carbocycles. The molecule has 0 radical (unpaired) electrons. The fraction of sp³-hybridized carbons (Fsp3) is 0.417. The van der Waals surface area contributed by atoms with Gasteiger partial charge in [0.15, 0.2) is 0 Å². The SMILES string of the molecule is Cc1ccc(NC(=O)C2CC2N)cc1C. The first-order chi connectivity index (χ1) is 7.08. The molecule has 0 saturated heterocycles. The van der Waals surface area contributed by atoms with E-state index in [1.165, 1.54) is 11.1 Å². The van der Waals surface area contributed by atoms with Crippen molar-refractivity contribution >= 4 is 11.6 Å². The Kier molecular flexibility index (Phi) is 2.49. The Hall–Kier alpha value is -1.35. The summed E-state index contributed by atoms with van der Waals surface area (Å²) in [4.78, 5) is 11.6. The van der Waals surface area contributed by atoms with E-state index in [1.807, 2.05) is 25.1 Å². The van der Waals surface area contributed by atoms with Gasteiger partial charge < -0.3 is 11.1 Å². The van der Waals surface area contributed by atoms with Gasteiger partial charge in [-0.05, 0) is 43.5 Å². The highest BCUT2D eigenvalue weighted by Gasteiger charge is 2.39. The van der Waals surface area contributed by atoms with Gasteiger partial charge >= 0.3 is 0 Å². The minimum atomic E-state index is 0.0200. The molecule has 0 aromatic heterocycles. The lowest BCUT2D eigenvalue weighted by molar-refractivity contribution is -0.117. The highest BCUT2D eigenvalue weighted by atomic mass is 16.2. The molecule has 3 nitrogen and oxygen atoms in total. The van der Waals surface area contributed by atoms with E-state index >= 15 is 0 Å². The minimum absolute atomic E-state index is 0.0200. The van der Waals surface area contributed by atoms with Gasteiger partial charge in [-0.25, -0.2) is 0 Å². The van der Waals surface area contributed by atoms with Crippen LogP contribution in [0.15, 0.2) is 18.2 Å².